The van der Waals surface area contributed by atoms with Gasteiger partial charge in [0.05, 0.1) is 11.0 Å². The Morgan fingerprint density at radius 3 is 2.15 bits per heavy atom. The molecule has 0 aromatic rings. The predicted molar refractivity (Wildman–Crippen MR) is 112 cm³/mol. The van der Waals surface area contributed by atoms with E-state index in [4.69, 9.17) is 0 Å². The third kappa shape index (κ3) is 6.45. The summed E-state index contributed by atoms with van der Waals surface area (Å²) in [6, 6.07) is 0.171. The van der Waals surface area contributed by atoms with Gasteiger partial charge in [0.15, 0.2) is 9.84 Å². The number of rotatable bonds is 8. The van der Waals surface area contributed by atoms with E-state index in [0.29, 0.717) is 0 Å². The van der Waals surface area contributed by atoms with E-state index in [1.54, 1.807) is 0 Å². The SMILES string of the molecule is CCCCN(C(=O)CCS(=O)(=O)C1CCCC1)C1CC(C)(C)NC(C)(C)C1. The van der Waals surface area contributed by atoms with Crippen LogP contribution in [-0.2, 0) is 14.6 Å². The van der Waals surface area contributed by atoms with Crippen LogP contribution in [0.1, 0.15) is 92.4 Å². The molecular formula is C21H40N2O3S. The molecule has 1 saturated heterocycles. The highest BCUT2D eigenvalue weighted by atomic mass is 32.2. The van der Waals surface area contributed by atoms with Crippen LogP contribution in [0.15, 0.2) is 0 Å². The fourth-order valence-corrected chi connectivity index (χ4v) is 6.96. The summed E-state index contributed by atoms with van der Waals surface area (Å²) in [6.07, 6.45) is 7.47. The zero-order valence-electron chi connectivity index (χ0n) is 18.0. The van der Waals surface area contributed by atoms with Crippen LogP contribution >= 0.6 is 0 Å². The monoisotopic (exact) mass is 400 g/mol. The molecule has 0 aromatic carbocycles. The zero-order valence-corrected chi connectivity index (χ0v) is 18.8. The van der Waals surface area contributed by atoms with Crippen LogP contribution in [0.4, 0.5) is 0 Å². The molecule has 0 unspecified atom stereocenters. The van der Waals surface area contributed by atoms with Crippen molar-refractivity contribution in [2.75, 3.05) is 12.3 Å². The quantitative estimate of drug-likeness (QED) is 0.675. The number of piperidine rings is 1. The molecule has 0 spiro atoms. The van der Waals surface area contributed by atoms with Crippen LogP contribution in [-0.4, -0.2) is 53.9 Å². The van der Waals surface area contributed by atoms with Gasteiger partial charge in [0, 0.05) is 30.1 Å². The average Bonchev–Trinajstić information content (AvgIpc) is 3.05. The summed E-state index contributed by atoms with van der Waals surface area (Å²) in [6.45, 7) is 11.6. The lowest BCUT2D eigenvalue weighted by atomic mass is 9.79. The number of unbranched alkanes of at least 4 members (excludes halogenated alkanes) is 1. The molecule has 0 aromatic heterocycles. The van der Waals surface area contributed by atoms with Gasteiger partial charge in [0.25, 0.3) is 0 Å². The number of carbonyl (C=O) groups is 1. The molecule has 5 nitrogen and oxygen atoms in total. The lowest BCUT2D eigenvalue weighted by molar-refractivity contribution is -0.135. The zero-order chi connectivity index (χ0) is 20.3. The lowest BCUT2D eigenvalue weighted by Gasteiger charge is -2.49. The van der Waals surface area contributed by atoms with Gasteiger partial charge in [-0.05, 0) is 59.8 Å². The molecular weight excluding hydrogens is 360 g/mol. The Labute approximate surface area is 166 Å². The molecule has 2 rings (SSSR count). The number of hydrogen-bond donors (Lipinski definition) is 1. The summed E-state index contributed by atoms with van der Waals surface area (Å²) in [5, 5.41) is 3.45. The number of carbonyl (C=O) groups excluding carboxylic acids is 1. The standard InChI is InChI=1S/C21H40N2O3S/c1-6-7-13-23(17-15-20(2,3)22-21(4,5)16-17)19(24)12-14-27(25,26)18-10-8-9-11-18/h17-18,22H,6-16H2,1-5H3. The van der Waals surface area contributed by atoms with Gasteiger partial charge in [-0.2, -0.15) is 0 Å². The molecule has 6 heteroatoms. The van der Waals surface area contributed by atoms with Gasteiger partial charge in [-0.15, -0.1) is 0 Å². The maximum absolute atomic E-state index is 13.1. The molecule has 0 atom stereocenters. The third-order valence-corrected chi connectivity index (χ3v) is 8.35. The van der Waals surface area contributed by atoms with Crippen molar-refractivity contribution in [3.8, 4) is 0 Å². The summed E-state index contributed by atoms with van der Waals surface area (Å²) in [5.41, 5.74) is -0.0693. The molecule has 1 aliphatic heterocycles. The van der Waals surface area contributed by atoms with Gasteiger partial charge in [0.1, 0.15) is 0 Å². The minimum absolute atomic E-state index is 0.0108. The summed E-state index contributed by atoms with van der Waals surface area (Å²) in [4.78, 5) is 15.1. The van der Waals surface area contributed by atoms with E-state index in [1.165, 1.54) is 0 Å². The molecule has 1 heterocycles. The molecule has 2 fully saturated rings. The maximum atomic E-state index is 13.1. The highest BCUT2D eigenvalue weighted by Gasteiger charge is 2.41. The lowest BCUT2D eigenvalue weighted by Crippen LogP contribution is -2.63. The van der Waals surface area contributed by atoms with Gasteiger partial charge in [-0.1, -0.05) is 26.2 Å². The molecule has 0 radical (unpaired) electrons. The fourth-order valence-electron chi connectivity index (χ4n) is 5.12. The van der Waals surface area contributed by atoms with E-state index in [-0.39, 0.29) is 40.5 Å². The Bertz CT molecular complexity index is 591. The van der Waals surface area contributed by atoms with Gasteiger partial charge < -0.3 is 10.2 Å². The van der Waals surface area contributed by atoms with Crippen LogP contribution in [0.2, 0.25) is 0 Å². The molecule has 1 amide bonds. The van der Waals surface area contributed by atoms with Crippen molar-refractivity contribution in [1.29, 1.82) is 0 Å². The van der Waals surface area contributed by atoms with Crippen molar-refractivity contribution in [1.82, 2.24) is 10.2 Å². The number of nitrogens with one attached hydrogen (secondary N) is 1. The topological polar surface area (TPSA) is 66.5 Å². The Morgan fingerprint density at radius 1 is 1.07 bits per heavy atom. The second-order valence-corrected chi connectivity index (χ2v) is 12.3. The van der Waals surface area contributed by atoms with Crippen molar-refractivity contribution in [2.24, 2.45) is 0 Å². The molecule has 1 N–H and O–H groups in total. The first-order valence-electron chi connectivity index (χ1n) is 10.8. The number of sulfone groups is 1. The Kier molecular flexibility index (Phi) is 7.40. The predicted octanol–water partition coefficient (Wildman–Crippen LogP) is 3.67. The Morgan fingerprint density at radius 2 is 1.63 bits per heavy atom. The molecule has 158 valence electrons. The molecule has 1 saturated carbocycles. The van der Waals surface area contributed by atoms with E-state index in [0.717, 1.165) is 57.9 Å². The smallest absolute Gasteiger partial charge is 0.223 e. The van der Waals surface area contributed by atoms with Crippen LogP contribution in [0.3, 0.4) is 0 Å². The van der Waals surface area contributed by atoms with Crippen molar-refractivity contribution < 1.29 is 13.2 Å². The van der Waals surface area contributed by atoms with E-state index >= 15 is 0 Å². The summed E-state index contributed by atoms with van der Waals surface area (Å²) >= 11 is 0. The van der Waals surface area contributed by atoms with E-state index < -0.39 is 9.84 Å². The number of amides is 1. The van der Waals surface area contributed by atoms with Crippen molar-refractivity contribution in [3.05, 3.63) is 0 Å². The van der Waals surface area contributed by atoms with Crippen molar-refractivity contribution >= 4 is 15.7 Å². The van der Waals surface area contributed by atoms with E-state index in [9.17, 15) is 13.2 Å². The fraction of sp³-hybridized carbons (Fsp3) is 0.952. The first-order chi connectivity index (χ1) is 12.5. The summed E-state index contributed by atoms with van der Waals surface area (Å²) in [7, 11) is -3.15. The minimum Gasteiger partial charge on any atom is -0.340 e. The average molecular weight is 401 g/mol. The maximum Gasteiger partial charge on any atom is 0.223 e. The highest BCUT2D eigenvalue weighted by Crippen LogP contribution is 2.32. The largest absolute Gasteiger partial charge is 0.340 e. The Hall–Kier alpha value is -0.620. The second kappa shape index (κ2) is 8.81. The van der Waals surface area contributed by atoms with Crippen molar-refractivity contribution in [2.45, 2.75) is 115 Å². The van der Waals surface area contributed by atoms with Gasteiger partial charge in [-0.25, -0.2) is 8.42 Å². The highest BCUT2D eigenvalue weighted by molar-refractivity contribution is 7.92. The molecule has 0 bridgehead atoms. The van der Waals surface area contributed by atoms with E-state index in [1.807, 2.05) is 4.90 Å². The number of hydrogen-bond acceptors (Lipinski definition) is 4. The van der Waals surface area contributed by atoms with Gasteiger partial charge >= 0.3 is 0 Å². The summed E-state index contributed by atoms with van der Waals surface area (Å²) < 4.78 is 25.2. The van der Waals surface area contributed by atoms with Gasteiger partial charge in [0.2, 0.25) is 5.91 Å². The molecule has 27 heavy (non-hydrogen) atoms. The van der Waals surface area contributed by atoms with Crippen LogP contribution in [0.5, 0.6) is 0 Å². The Balaban J connectivity index is 2.06. The van der Waals surface area contributed by atoms with Gasteiger partial charge in [-0.3, -0.25) is 4.79 Å². The first-order valence-corrected chi connectivity index (χ1v) is 12.5. The van der Waals surface area contributed by atoms with Crippen molar-refractivity contribution in [3.63, 3.8) is 0 Å². The van der Waals surface area contributed by atoms with Crippen LogP contribution in [0, 0.1) is 0 Å². The molecule has 2 aliphatic rings. The summed E-state index contributed by atoms with van der Waals surface area (Å²) in [5.74, 6) is 0.0279. The molecule has 1 aliphatic carbocycles. The van der Waals surface area contributed by atoms with E-state index in [2.05, 4.69) is 39.9 Å². The minimum atomic E-state index is -3.15. The number of nitrogens with zero attached hydrogens (tertiary/aromatic N) is 1. The normalized spacial score (nSPS) is 23.4. The first kappa shape index (κ1) is 22.7. The third-order valence-electron chi connectivity index (χ3n) is 6.09. The van der Waals surface area contributed by atoms with Crippen LogP contribution < -0.4 is 5.32 Å². The van der Waals surface area contributed by atoms with Crippen LogP contribution in [0.25, 0.3) is 0 Å². The second-order valence-electron chi connectivity index (χ2n) is 9.92.